The molecule has 0 radical (unpaired) electrons. The van der Waals surface area contributed by atoms with Crippen LogP contribution in [-0.2, 0) is 23.9 Å². The van der Waals surface area contributed by atoms with Gasteiger partial charge in [-0.2, -0.15) is 0 Å². The van der Waals surface area contributed by atoms with Crippen LogP contribution in [0.1, 0.15) is 40.0 Å². The average molecular weight is 297 g/mol. The number of esters is 2. The summed E-state index contributed by atoms with van der Waals surface area (Å²) in [6, 6.07) is 0. The first-order valence-electron chi connectivity index (χ1n) is 6.69. The predicted octanol–water partition coefficient (Wildman–Crippen LogP) is 1.04. The molecule has 6 heteroatoms. The molecule has 21 heavy (non-hydrogen) atoms. The third-order valence-corrected chi connectivity index (χ3v) is 2.49. The standard InChI is InChI=1S/C15H23NO5/c1-6-9-16-14(19)11(7-8-12(17)20-5)10-13(18)21-15(2,3)4/h1,11H,7-10H2,2-5H3,(H,16,19)/t11-/m0/s1. The lowest BCUT2D eigenvalue weighted by Gasteiger charge is -2.21. The highest BCUT2D eigenvalue weighted by molar-refractivity contribution is 5.84. The maximum atomic E-state index is 11.9. The largest absolute Gasteiger partial charge is 0.469 e. The molecule has 0 fully saturated rings. The number of terminal acetylenes is 1. The molecule has 6 nitrogen and oxygen atoms in total. The molecule has 1 N–H and O–H groups in total. The van der Waals surface area contributed by atoms with Crippen molar-refractivity contribution >= 4 is 17.8 Å². The fourth-order valence-electron chi connectivity index (χ4n) is 1.59. The lowest BCUT2D eigenvalue weighted by molar-refractivity contribution is -0.157. The molecular weight excluding hydrogens is 274 g/mol. The number of ether oxygens (including phenoxy) is 2. The highest BCUT2D eigenvalue weighted by Crippen LogP contribution is 2.16. The van der Waals surface area contributed by atoms with Gasteiger partial charge in [-0.25, -0.2) is 0 Å². The van der Waals surface area contributed by atoms with Gasteiger partial charge in [0.05, 0.1) is 20.1 Å². The van der Waals surface area contributed by atoms with Crippen molar-refractivity contribution in [2.24, 2.45) is 5.92 Å². The Bertz CT molecular complexity index is 417. The van der Waals surface area contributed by atoms with Gasteiger partial charge in [-0.15, -0.1) is 6.42 Å². The van der Waals surface area contributed by atoms with Crippen molar-refractivity contribution in [1.29, 1.82) is 0 Å². The van der Waals surface area contributed by atoms with Crippen molar-refractivity contribution < 1.29 is 23.9 Å². The zero-order chi connectivity index (χ0) is 16.5. The summed E-state index contributed by atoms with van der Waals surface area (Å²) in [6.07, 6.45) is 5.21. The molecule has 0 heterocycles. The second-order valence-electron chi connectivity index (χ2n) is 5.52. The summed E-state index contributed by atoms with van der Waals surface area (Å²) in [6.45, 7) is 5.30. The van der Waals surface area contributed by atoms with Gasteiger partial charge in [0, 0.05) is 12.3 Å². The Balaban J connectivity index is 4.64. The van der Waals surface area contributed by atoms with Crippen LogP contribution in [0.3, 0.4) is 0 Å². The third kappa shape index (κ3) is 9.50. The lowest BCUT2D eigenvalue weighted by Crippen LogP contribution is -2.34. The van der Waals surface area contributed by atoms with Gasteiger partial charge in [-0.1, -0.05) is 5.92 Å². The summed E-state index contributed by atoms with van der Waals surface area (Å²) in [7, 11) is 1.27. The molecule has 1 atom stereocenters. The molecule has 0 spiro atoms. The molecule has 0 aliphatic heterocycles. The molecule has 1 amide bonds. The minimum absolute atomic E-state index is 0.0490. The highest BCUT2D eigenvalue weighted by Gasteiger charge is 2.25. The summed E-state index contributed by atoms with van der Waals surface area (Å²) in [5.41, 5.74) is -0.626. The van der Waals surface area contributed by atoms with Crippen LogP contribution < -0.4 is 5.32 Å². The minimum Gasteiger partial charge on any atom is -0.469 e. The van der Waals surface area contributed by atoms with E-state index in [1.165, 1.54) is 7.11 Å². The maximum absolute atomic E-state index is 11.9. The lowest BCUT2D eigenvalue weighted by atomic mass is 9.98. The zero-order valence-electron chi connectivity index (χ0n) is 13.0. The van der Waals surface area contributed by atoms with E-state index in [1.54, 1.807) is 20.8 Å². The number of methoxy groups -OCH3 is 1. The van der Waals surface area contributed by atoms with E-state index >= 15 is 0 Å². The molecule has 0 saturated heterocycles. The van der Waals surface area contributed by atoms with E-state index in [9.17, 15) is 14.4 Å². The maximum Gasteiger partial charge on any atom is 0.307 e. The molecule has 0 aliphatic carbocycles. The van der Waals surface area contributed by atoms with Crippen molar-refractivity contribution in [3.05, 3.63) is 0 Å². The summed E-state index contributed by atoms with van der Waals surface area (Å²) >= 11 is 0. The first-order valence-corrected chi connectivity index (χ1v) is 6.69. The van der Waals surface area contributed by atoms with Crippen molar-refractivity contribution in [2.45, 2.75) is 45.6 Å². The molecule has 0 aromatic heterocycles. The molecule has 0 bridgehead atoms. The first kappa shape index (κ1) is 19.0. The number of hydrogen-bond donors (Lipinski definition) is 1. The van der Waals surface area contributed by atoms with Gasteiger partial charge in [0.25, 0.3) is 0 Å². The molecule has 0 rings (SSSR count). The van der Waals surface area contributed by atoms with Crippen LogP contribution in [0.2, 0.25) is 0 Å². The number of amides is 1. The number of carbonyl (C=O) groups is 3. The van der Waals surface area contributed by atoms with Crippen LogP contribution in [0.15, 0.2) is 0 Å². The van der Waals surface area contributed by atoms with Crippen LogP contribution >= 0.6 is 0 Å². The normalized spacial score (nSPS) is 12.0. The van der Waals surface area contributed by atoms with Crippen LogP contribution in [0.4, 0.5) is 0 Å². The Morgan fingerprint density at radius 1 is 1.24 bits per heavy atom. The van der Waals surface area contributed by atoms with Gasteiger partial charge >= 0.3 is 11.9 Å². The van der Waals surface area contributed by atoms with Crippen molar-refractivity contribution in [3.63, 3.8) is 0 Å². The SMILES string of the molecule is C#CCNC(=O)[C@@H](CCC(=O)OC)CC(=O)OC(C)(C)C. The van der Waals surface area contributed by atoms with E-state index in [0.29, 0.717) is 0 Å². The molecule has 0 unspecified atom stereocenters. The minimum atomic E-state index is -0.674. The topological polar surface area (TPSA) is 81.7 Å². The van der Waals surface area contributed by atoms with Crippen molar-refractivity contribution in [3.8, 4) is 12.3 Å². The van der Waals surface area contributed by atoms with Crippen LogP contribution in [0.5, 0.6) is 0 Å². The summed E-state index contributed by atoms with van der Waals surface area (Å²) in [5.74, 6) is 0.306. The molecular formula is C15H23NO5. The summed E-state index contributed by atoms with van der Waals surface area (Å²) < 4.78 is 9.71. The molecule has 0 saturated carbocycles. The Morgan fingerprint density at radius 3 is 2.33 bits per heavy atom. The van der Waals surface area contributed by atoms with Gasteiger partial charge in [-0.05, 0) is 27.2 Å². The van der Waals surface area contributed by atoms with E-state index in [0.717, 1.165) is 0 Å². The van der Waals surface area contributed by atoms with Gasteiger partial charge in [0.2, 0.25) is 5.91 Å². The third-order valence-electron chi connectivity index (χ3n) is 2.49. The first-order chi connectivity index (χ1) is 9.69. The smallest absolute Gasteiger partial charge is 0.307 e. The van der Waals surface area contributed by atoms with Crippen LogP contribution in [-0.4, -0.2) is 37.1 Å². The van der Waals surface area contributed by atoms with Crippen LogP contribution in [0, 0.1) is 18.3 Å². The fraction of sp³-hybridized carbons (Fsp3) is 0.667. The monoisotopic (exact) mass is 297 g/mol. The van der Waals surface area contributed by atoms with Gasteiger partial charge in [-0.3, -0.25) is 14.4 Å². The molecule has 0 aromatic rings. The molecule has 0 aromatic carbocycles. The summed E-state index contributed by atoms with van der Waals surface area (Å²) in [5, 5.41) is 2.51. The zero-order valence-corrected chi connectivity index (χ0v) is 13.0. The van der Waals surface area contributed by atoms with Crippen molar-refractivity contribution in [1.82, 2.24) is 5.32 Å². The van der Waals surface area contributed by atoms with E-state index in [1.807, 2.05) is 0 Å². The Kier molecular flexibility index (Phi) is 8.14. The van der Waals surface area contributed by atoms with E-state index in [2.05, 4.69) is 16.0 Å². The molecule has 0 aliphatic rings. The number of rotatable bonds is 7. The predicted molar refractivity (Wildman–Crippen MR) is 77.0 cm³/mol. The van der Waals surface area contributed by atoms with Gasteiger partial charge in [0.1, 0.15) is 5.60 Å². The van der Waals surface area contributed by atoms with E-state index in [-0.39, 0.29) is 31.7 Å². The van der Waals surface area contributed by atoms with Crippen LogP contribution in [0.25, 0.3) is 0 Å². The second-order valence-corrected chi connectivity index (χ2v) is 5.52. The van der Waals surface area contributed by atoms with E-state index in [4.69, 9.17) is 11.2 Å². The van der Waals surface area contributed by atoms with Gasteiger partial charge < -0.3 is 14.8 Å². The van der Waals surface area contributed by atoms with Crippen molar-refractivity contribution in [2.75, 3.05) is 13.7 Å². The fourth-order valence-corrected chi connectivity index (χ4v) is 1.59. The summed E-state index contributed by atoms with van der Waals surface area (Å²) in [4.78, 5) is 34.9. The number of nitrogens with one attached hydrogen (secondary N) is 1. The Labute approximate surface area is 125 Å². The number of carbonyl (C=O) groups excluding carboxylic acids is 3. The number of hydrogen-bond acceptors (Lipinski definition) is 5. The molecule has 118 valence electrons. The average Bonchev–Trinajstić information content (AvgIpc) is 2.38. The quantitative estimate of drug-likeness (QED) is 0.561. The Hall–Kier alpha value is -2.03. The Morgan fingerprint density at radius 2 is 1.86 bits per heavy atom. The van der Waals surface area contributed by atoms with E-state index < -0.39 is 23.5 Å². The second kappa shape index (κ2) is 9.01. The van der Waals surface area contributed by atoms with Gasteiger partial charge in [0.15, 0.2) is 0 Å². The highest BCUT2D eigenvalue weighted by atomic mass is 16.6.